The number of carbonyl (C=O) groups excluding carboxylic acids is 3. The van der Waals surface area contributed by atoms with Crippen LogP contribution in [0.2, 0.25) is 0 Å². The molecule has 6 heteroatoms. The van der Waals surface area contributed by atoms with Gasteiger partial charge in [0.05, 0.1) is 20.3 Å². The lowest BCUT2D eigenvalue weighted by Crippen LogP contribution is -2.22. The van der Waals surface area contributed by atoms with Crippen molar-refractivity contribution in [2.24, 2.45) is 11.8 Å². The number of aliphatic hydroxyl groups excluding tert-OH is 1. The monoisotopic (exact) mass is 328 g/mol. The van der Waals surface area contributed by atoms with E-state index in [9.17, 15) is 19.5 Å². The van der Waals surface area contributed by atoms with E-state index in [1.54, 1.807) is 0 Å². The summed E-state index contributed by atoms with van der Waals surface area (Å²) in [6.07, 6.45) is 4.99. The van der Waals surface area contributed by atoms with Crippen molar-refractivity contribution in [2.45, 2.75) is 63.9 Å². The molecule has 132 valence electrons. The fourth-order valence-corrected chi connectivity index (χ4v) is 3.26. The zero-order chi connectivity index (χ0) is 17.2. The maximum absolute atomic E-state index is 12.0. The third-order valence-corrected chi connectivity index (χ3v) is 4.62. The van der Waals surface area contributed by atoms with Crippen molar-refractivity contribution in [3.63, 3.8) is 0 Å². The molecular weight excluding hydrogens is 300 g/mol. The lowest BCUT2D eigenvalue weighted by Gasteiger charge is -2.20. The number of unbranched alkanes of at least 4 members (excludes halogenated alkanes) is 3. The molecular formula is C17H28O6. The maximum Gasteiger partial charge on any atom is 0.305 e. The van der Waals surface area contributed by atoms with E-state index in [1.807, 2.05) is 0 Å². The molecule has 0 bridgehead atoms. The van der Waals surface area contributed by atoms with Crippen LogP contribution in [-0.2, 0) is 23.9 Å². The van der Waals surface area contributed by atoms with Gasteiger partial charge in [-0.05, 0) is 25.2 Å². The van der Waals surface area contributed by atoms with Gasteiger partial charge in [0, 0.05) is 25.2 Å². The predicted octanol–water partition coefficient (Wildman–Crippen LogP) is 2.02. The van der Waals surface area contributed by atoms with E-state index < -0.39 is 6.10 Å². The molecule has 3 atom stereocenters. The number of esters is 2. The molecule has 1 aliphatic rings. The lowest BCUT2D eigenvalue weighted by molar-refractivity contribution is -0.142. The van der Waals surface area contributed by atoms with E-state index in [2.05, 4.69) is 9.47 Å². The first-order valence-corrected chi connectivity index (χ1v) is 8.34. The average Bonchev–Trinajstić information content (AvgIpc) is 2.81. The van der Waals surface area contributed by atoms with Crippen molar-refractivity contribution in [1.29, 1.82) is 0 Å². The zero-order valence-corrected chi connectivity index (χ0v) is 14.1. The molecule has 0 radical (unpaired) electrons. The largest absolute Gasteiger partial charge is 0.469 e. The molecule has 0 aromatic rings. The molecule has 0 amide bonds. The number of hydrogen-bond acceptors (Lipinski definition) is 6. The Balaban J connectivity index is 2.30. The summed E-state index contributed by atoms with van der Waals surface area (Å²) in [5, 5.41) is 10.0. The first-order valence-electron chi connectivity index (χ1n) is 8.34. The molecule has 1 fully saturated rings. The van der Waals surface area contributed by atoms with Gasteiger partial charge in [0.25, 0.3) is 0 Å². The lowest BCUT2D eigenvalue weighted by atomic mass is 9.86. The molecule has 0 aromatic carbocycles. The summed E-state index contributed by atoms with van der Waals surface area (Å²) in [6, 6.07) is 0. The summed E-state index contributed by atoms with van der Waals surface area (Å²) in [7, 11) is 2.72. The van der Waals surface area contributed by atoms with Crippen molar-refractivity contribution >= 4 is 17.7 Å². The Bertz CT molecular complexity index is 406. The molecule has 0 saturated heterocycles. The maximum atomic E-state index is 12.0. The third-order valence-electron chi connectivity index (χ3n) is 4.62. The minimum Gasteiger partial charge on any atom is -0.469 e. The Morgan fingerprint density at radius 2 is 1.61 bits per heavy atom. The molecule has 0 aromatic heterocycles. The Kier molecular flexibility index (Phi) is 8.84. The van der Waals surface area contributed by atoms with Crippen molar-refractivity contribution in [3.05, 3.63) is 0 Å². The average molecular weight is 328 g/mol. The Labute approximate surface area is 137 Å². The van der Waals surface area contributed by atoms with E-state index in [-0.39, 0.29) is 42.4 Å². The fraction of sp³-hybridized carbons (Fsp3) is 0.824. The number of rotatable bonds is 10. The van der Waals surface area contributed by atoms with Crippen molar-refractivity contribution < 1.29 is 29.0 Å². The van der Waals surface area contributed by atoms with Crippen LogP contribution in [0.25, 0.3) is 0 Å². The smallest absolute Gasteiger partial charge is 0.305 e. The van der Waals surface area contributed by atoms with Gasteiger partial charge in [-0.1, -0.05) is 19.3 Å². The van der Waals surface area contributed by atoms with Crippen LogP contribution >= 0.6 is 0 Å². The van der Waals surface area contributed by atoms with Gasteiger partial charge in [-0.2, -0.15) is 0 Å². The molecule has 23 heavy (non-hydrogen) atoms. The van der Waals surface area contributed by atoms with Crippen LogP contribution in [0.4, 0.5) is 0 Å². The number of ketones is 1. The minimum absolute atomic E-state index is 0.0990. The number of carbonyl (C=O) groups is 3. The van der Waals surface area contributed by atoms with Gasteiger partial charge in [0.15, 0.2) is 0 Å². The number of aliphatic hydroxyl groups is 1. The highest BCUT2D eigenvalue weighted by atomic mass is 16.5. The molecule has 6 nitrogen and oxygen atoms in total. The van der Waals surface area contributed by atoms with Crippen LogP contribution in [-0.4, -0.2) is 43.2 Å². The van der Waals surface area contributed by atoms with Crippen LogP contribution in [0.5, 0.6) is 0 Å². The Morgan fingerprint density at radius 1 is 1.00 bits per heavy atom. The summed E-state index contributed by atoms with van der Waals surface area (Å²) in [5.41, 5.74) is 0. The Morgan fingerprint density at radius 3 is 2.26 bits per heavy atom. The van der Waals surface area contributed by atoms with Crippen molar-refractivity contribution in [1.82, 2.24) is 0 Å². The number of methoxy groups -OCH3 is 2. The van der Waals surface area contributed by atoms with E-state index in [0.717, 1.165) is 32.1 Å². The molecule has 0 spiro atoms. The first-order chi connectivity index (χ1) is 11.0. The van der Waals surface area contributed by atoms with Gasteiger partial charge in [0.2, 0.25) is 0 Å². The molecule has 1 aliphatic carbocycles. The second kappa shape index (κ2) is 10.4. The number of hydrogen-bond donors (Lipinski definition) is 1. The van der Waals surface area contributed by atoms with Crippen LogP contribution in [0.1, 0.15) is 57.8 Å². The highest BCUT2D eigenvalue weighted by Gasteiger charge is 2.40. The van der Waals surface area contributed by atoms with E-state index in [1.165, 1.54) is 14.2 Å². The number of ether oxygens (including phenoxy) is 2. The minimum atomic E-state index is -0.642. The van der Waals surface area contributed by atoms with Crippen LogP contribution in [0.15, 0.2) is 0 Å². The van der Waals surface area contributed by atoms with E-state index >= 15 is 0 Å². The molecule has 0 heterocycles. The summed E-state index contributed by atoms with van der Waals surface area (Å²) >= 11 is 0. The summed E-state index contributed by atoms with van der Waals surface area (Å²) in [6.45, 7) is 0. The standard InChI is InChI=1S/C17H28O6/c1-22-16(20)8-6-4-3-5-7-12-13(9-10-17(21)23-2)15(19)11-14(12)18/h12-13,15,19H,3-11H2,1-2H3/t12-,13-,15-/m1/s1. The van der Waals surface area contributed by atoms with Gasteiger partial charge >= 0.3 is 11.9 Å². The van der Waals surface area contributed by atoms with Gasteiger partial charge in [-0.25, -0.2) is 0 Å². The van der Waals surface area contributed by atoms with Crippen LogP contribution in [0.3, 0.4) is 0 Å². The SMILES string of the molecule is COC(=O)CCCCCC[C@H]1C(=O)C[C@@H](O)[C@@H]1CCC(=O)OC. The zero-order valence-electron chi connectivity index (χ0n) is 14.1. The van der Waals surface area contributed by atoms with Crippen LogP contribution in [0, 0.1) is 11.8 Å². The van der Waals surface area contributed by atoms with Gasteiger partial charge < -0.3 is 14.6 Å². The fourth-order valence-electron chi connectivity index (χ4n) is 3.26. The second-order valence-electron chi connectivity index (χ2n) is 6.15. The summed E-state index contributed by atoms with van der Waals surface area (Å²) in [4.78, 5) is 34.3. The molecule has 1 saturated carbocycles. The molecule has 1 N–H and O–H groups in total. The van der Waals surface area contributed by atoms with E-state index in [0.29, 0.717) is 12.8 Å². The third kappa shape index (κ3) is 6.69. The number of Topliss-reactive ketones (excluding diaryl/α,β-unsaturated/α-hetero) is 1. The van der Waals surface area contributed by atoms with Crippen molar-refractivity contribution in [3.8, 4) is 0 Å². The van der Waals surface area contributed by atoms with Crippen molar-refractivity contribution in [2.75, 3.05) is 14.2 Å². The molecule has 1 rings (SSSR count). The van der Waals surface area contributed by atoms with Gasteiger partial charge in [-0.3, -0.25) is 14.4 Å². The topological polar surface area (TPSA) is 89.9 Å². The van der Waals surface area contributed by atoms with Crippen LogP contribution < -0.4 is 0 Å². The van der Waals surface area contributed by atoms with E-state index in [4.69, 9.17) is 0 Å². The molecule has 0 unspecified atom stereocenters. The summed E-state index contributed by atoms with van der Waals surface area (Å²) < 4.78 is 9.20. The quantitative estimate of drug-likeness (QED) is 0.487. The molecule has 0 aliphatic heterocycles. The highest BCUT2D eigenvalue weighted by molar-refractivity contribution is 5.84. The van der Waals surface area contributed by atoms with Gasteiger partial charge in [-0.15, -0.1) is 0 Å². The summed E-state index contributed by atoms with van der Waals surface area (Å²) in [5.74, 6) is -0.700. The second-order valence-corrected chi connectivity index (χ2v) is 6.15. The Hall–Kier alpha value is -1.43. The predicted molar refractivity (Wildman–Crippen MR) is 83.6 cm³/mol. The van der Waals surface area contributed by atoms with Gasteiger partial charge in [0.1, 0.15) is 5.78 Å². The normalized spacial score (nSPS) is 23.8. The highest BCUT2D eigenvalue weighted by Crippen LogP contribution is 2.36. The first kappa shape index (κ1) is 19.6.